The Bertz CT molecular complexity index is 180. The molecule has 1 aliphatic heterocycles. The summed E-state index contributed by atoms with van der Waals surface area (Å²) in [6, 6.07) is 0. The molecule has 0 radical (unpaired) electrons. The Labute approximate surface area is 86.6 Å². The van der Waals surface area contributed by atoms with Crippen molar-refractivity contribution in [1.82, 2.24) is 5.32 Å². The average Bonchev–Trinajstić information content (AvgIpc) is 2.25. The second-order valence-electron chi connectivity index (χ2n) is 3.95. The molecule has 14 heavy (non-hydrogen) atoms. The molecule has 82 valence electrons. The Balaban J connectivity index is 2.19. The molecule has 0 aromatic heterocycles. The summed E-state index contributed by atoms with van der Waals surface area (Å²) >= 11 is 0. The summed E-state index contributed by atoms with van der Waals surface area (Å²) < 4.78 is 0. The van der Waals surface area contributed by atoms with Gasteiger partial charge in [0.25, 0.3) is 0 Å². The summed E-state index contributed by atoms with van der Waals surface area (Å²) in [5.41, 5.74) is 0. The first-order valence-corrected chi connectivity index (χ1v) is 5.75. The molecule has 0 bridgehead atoms. The zero-order valence-electron chi connectivity index (χ0n) is 9.13. The van der Waals surface area contributed by atoms with E-state index in [1.807, 2.05) is 0 Å². The molecule has 0 saturated carbocycles. The molecule has 3 heteroatoms. The molecule has 0 fully saturated rings. The van der Waals surface area contributed by atoms with Crippen molar-refractivity contribution in [2.45, 2.75) is 39.0 Å². The summed E-state index contributed by atoms with van der Waals surface area (Å²) in [5, 5.41) is 12.2. The molecule has 0 spiro atoms. The minimum atomic E-state index is 0.298. The van der Waals surface area contributed by atoms with Crippen LogP contribution in [-0.2, 0) is 0 Å². The van der Waals surface area contributed by atoms with Crippen molar-refractivity contribution >= 4 is 5.84 Å². The monoisotopic (exact) mass is 198 g/mol. The highest BCUT2D eigenvalue weighted by Crippen LogP contribution is 2.08. The van der Waals surface area contributed by atoms with E-state index in [1.165, 1.54) is 18.7 Å². The smallest absolute Gasteiger partial charge is 0.0963 e. The quantitative estimate of drug-likeness (QED) is 0.704. The van der Waals surface area contributed by atoms with Gasteiger partial charge in [-0.05, 0) is 25.2 Å². The molecule has 2 N–H and O–H groups in total. The van der Waals surface area contributed by atoms with Crippen LogP contribution in [-0.4, -0.2) is 30.6 Å². The van der Waals surface area contributed by atoms with Gasteiger partial charge in [-0.15, -0.1) is 0 Å². The third kappa shape index (κ3) is 4.09. The van der Waals surface area contributed by atoms with Crippen molar-refractivity contribution in [3.63, 3.8) is 0 Å². The molecule has 1 heterocycles. The summed E-state index contributed by atoms with van der Waals surface area (Å²) in [5.74, 6) is 1.76. The van der Waals surface area contributed by atoms with Gasteiger partial charge in [0, 0.05) is 26.1 Å². The van der Waals surface area contributed by atoms with Crippen molar-refractivity contribution in [3.8, 4) is 0 Å². The van der Waals surface area contributed by atoms with E-state index in [2.05, 4.69) is 17.2 Å². The average molecular weight is 198 g/mol. The van der Waals surface area contributed by atoms with Gasteiger partial charge in [-0.25, -0.2) is 0 Å². The van der Waals surface area contributed by atoms with Gasteiger partial charge in [0.2, 0.25) is 0 Å². The Hall–Kier alpha value is -0.570. The summed E-state index contributed by atoms with van der Waals surface area (Å²) in [6.45, 7) is 4.42. The fraction of sp³-hybridized carbons (Fsp3) is 0.909. The van der Waals surface area contributed by atoms with Crippen LogP contribution >= 0.6 is 0 Å². The van der Waals surface area contributed by atoms with Crippen LogP contribution in [0.3, 0.4) is 0 Å². The molecular weight excluding hydrogens is 176 g/mol. The maximum absolute atomic E-state index is 8.85. The summed E-state index contributed by atoms with van der Waals surface area (Å²) in [4.78, 5) is 4.44. The van der Waals surface area contributed by atoms with Gasteiger partial charge in [-0.1, -0.05) is 13.3 Å². The van der Waals surface area contributed by atoms with Crippen LogP contribution in [0.1, 0.15) is 39.0 Å². The Kier molecular flexibility index (Phi) is 5.60. The van der Waals surface area contributed by atoms with Gasteiger partial charge < -0.3 is 10.4 Å². The lowest BCUT2D eigenvalue weighted by atomic mass is 10.0. The molecule has 0 amide bonds. The SMILES string of the molecule is CCC(CCO)CNC1=NCCCC1. The predicted octanol–water partition coefficient (Wildman–Crippen LogP) is 1.57. The molecular formula is C11H22N2O. The van der Waals surface area contributed by atoms with Gasteiger partial charge in [-0.3, -0.25) is 4.99 Å². The zero-order chi connectivity index (χ0) is 10.2. The topological polar surface area (TPSA) is 44.6 Å². The van der Waals surface area contributed by atoms with Crippen molar-refractivity contribution in [2.24, 2.45) is 10.9 Å². The number of aliphatic imine (C=N–C) groups is 1. The third-order valence-electron chi connectivity index (χ3n) is 2.83. The molecule has 0 aromatic carbocycles. The molecule has 0 aromatic rings. The fourth-order valence-electron chi connectivity index (χ4n) is 1.74. The molecule has 0 aliphatic carbocycles. The largest absolute Gasteiger partial charge is 0.396 e. The Morgan fingerprint density at radius 1 is 1.50 bits per heavy atom. The van der Waals surface area contributed by atoms with Crippen LogP contribution in [0.25, 0.3) is 0 Å². The van der Waals surface area contributed by atoms with Crippen molar-refractivity contribution < 1.29 is 5.11 Å². The third-order valence-corrected chi connectivity index (χ3v) is 2.83. The molecule has 0 saturated heterocycles. The van der Waals surface area contributed by atoms with E-state index >= 15 is 0 Å². The number of aliphatic hydroxyl groups is 1. The number of nitrogens with one attached hydrogen (secondary N) is 1. The minimum absolute atomic E-state index is 0.298. The van der Waals surface area contributed by atoms with E-state index in [4.69, 9.17) is 5.11 Å². The van der Waals surface area contributed by atoms with Crippen LogP contribution in [0.2, 0.25) is 0 Å². The van der Waals surface area contributed by atoms with E-state index in [0.717, 1.165) is 32.4 Å². The number of aliphatic hydroxyl groups excluding tert-OH is 1. The predicted molar refractivity (Wildman–Crippen MR) is 59.6 cm³/mol. The van der Waals surface area contributed by atoms with Crippen molar-refractivity contribution in [3.05, 3.63) is 0 Å². The maximum Gasteiger partial charge on any atom is 0.0963 e. The highest BCUT2D eigenvalue weighted by atomic mass is 16.3. The molecule has 3 nitrogen and oxygen atoms in total. The van der Waals surface area contributed by atoms with Gasteiger partial charge in [-0.2, -0.15) is 0 Å². The normalized spacial score (nSPS) is 18.9. The lowest BCUT2D eigenvalue weighted by Crippen LogP contribution is -2.31. The van der Waals surface area contributed by atoms with E-state index in [-0.39, 0.29) is 0 Å². The van der Waals surface area contributed by atoms with Gasteiger partial charge in [0.15, 0.2) is 0 Å². The molecule has 1 aliphatic rings. The van der Waals surface area contributed by atoms with E-state index < -0.39 is 0 Å². The van der Waals surface area contributed by atoms with Crippen LogP contribution in [0.4, 0.5) is 0 Å². The van der Waals surface area contributed by atoms with Gasteiger partial charge in [0.1, 0.15) is 0 Å². The number of amidine groups is 1. The highest BCUT2D eigenvalue weighted by Gasteiger charge is 2.08. The van der Waals surface area contributed by atoms with Crippen LogP contribution < -0.4 is 5.32 Å². The second-order valence-corrected chi connectivity index (χ2v) is 3.95. The zero-order valence-corrected chi connectivity index (χ0v) is 9.13. The van der Waals surface area contributed by atoms with E-state index in [1.54, 1.807) is 0 Å². The van der Waals surface area contributed by atoms with Gasteiger partial charge >= 0.3 is 0 Å². The van der Waals surface area contributed by atoms with E-state index in [0.29, 0.717) is 12.5 Å². The Morgan fingerprint density at radius 2 is 2.36 bits per heavy atom. The van der Waals surface area contributed by atoms with Gasteiger partial charge in [0.05, 0.1) is 5.84 Å². The maximum atomic E-state index is 8.85. The molecule has 1 unspecified atom stereocenters. The number of rotatable bonds is 5. The van der Waals surface area contributed by atoms with Crippen molar-refractivity contribution in [1.29, 1.82) is 0 Å². The first-order chi connectivity index (χ1) is 6.86. The first kappa shape index (κ1) is 11.5. The van der Waals surface area contributed by atoms with E-state index in [9.17, 15) is 0 Å². The highest BCUT2D eigenvalue weighted by molar-refractivity contribution is 5.82. The fourth-order valence-corrected chi connectivity index (χ4v) is 1.74. The number of nitrogens with zero attached hydrogens (tertiary/aromatic N) is 1. The lowest BCUT2D eigenvalue weighted by molar-refractivity contribution is 0.254. The second kappa shape index (κ2) is 6.82. The molecule has 1 atom stereocenters. The lowest BCUT2D eigenvalue weighted by Gasteiger charge is -2.18. The van der Waals surface area contributed by atoms with Crippen LogP contribution in [0.5, 0.6) is 0 Å². The Morgan fingerprint density at radius 3 is 2.93 bits per heavy atom. The molecule has 1 rings (SSSR count). The minimum Gasteiger partial charge on any atom is -0.396 e. The first-order valence-electron chi connectivity index (χ1n) is 5.75. The van der Waals surface area contributed by atoms with Crippen molar-refractivity contribution in [2.75, 3.05) is 19.7 Å². The van der Waals surface area contributed by atoms with Crippen LogP contribution in [0.15, 0.2) is 4.99 Å². The number of hydrogen-bond acceptors (Lipinski definition) is 3. The summed E-state index contributed by atoms with van der Waals surface area (Å²) in [6.07, 6.45) is 5.63. The summed E-state index contributed by atoms with van der Waals surface area (Å²) in [7, 11) is 0. The number of hydrogen-bond donors (Lipinski definition) is 2. The van der Waals surface area contributed by atoms with Crippen LogP contribution in [0, 0.1) is 5.92 Å². The standard InChI is InChI=1S/C11H22N2O/c1-2-10(6-8-14)9-13-11-5-3-4-7-12-11/h10,14H,2-9H2,1H3,(H,12,13).